The Balaban J connectivity index is 2.64. The molecule has 0 fully saturated rings. The highest BCUT2D eigenvalue weighted by Gasteiger charge is 2.32. The quantitative estimate of drug-likeness (QED) is 0.410. The fraction of sp³-hybridized carbons (Fsp3) is 0.435. The summed E-state index contributed by atoms with van der Waals surface area (Å²) in [6.07, 6.45) is 5.34. The average molecular weight is 373 g/mol. The van der Waals surface area contributed by atoms with Crippen LogP contribution in [0.25, 0.3) is 5.57 Å². The summed E-state index contributed by atoms with van der Waals surface area (Å²) >= 11 is 6.63. The van der Waals surface area contributed by atoms with Gasteiger partial charge in [-0.25, -0.2) is 4.79 Å². The van der Waals surface area contributed by atoms with Crippen LogP contribution in [0.1, 0.15) is 69.8 Å². The summed E-state index contributed by atoms with van der Waals surface area (Å²) in [4.78, 5) is 12.0. The number of allylic oxidation sites excluding steroid dienone is 5. The lowest BCUT2D eigenvalue weighted by Crippen LogP contribution is -2.22. The minimum atomic E-state index is -0.347. The van der Waals surface area contributed by atoms with Crippen molar-refractivity contribution in [3.63, 3.8) is 0 Å². The molecule has 0 saturated heterocycles. The van der Waals surface area contributed by atoms with Gasteiger partial charge >= 0.3 is 5.97 Å². The van der Waals surface area contributed by atoms with Crippen molar-refractivity contribution in [3.8, 4) is 0 Å². The summed E-state index contributed by atoms with van der Waals surface area (Å²) in [6.45, 7) is 15.0. The largest absolute Gasteiger partial charge is 0.462 e. The molecular formula is C23H29ClO2. The number of benzene rings is 1. The van der Waals surface area contributed by atoms with Crippen LogP contribution in [0.4, 0.5) is 0 Å². The van der Waals surface area contributed by atoms with Crippen LogP contribution in [0.3, 0.4) is 0 Å². The summed E-state index contributed by atoms with van der Waals surface area (Å²) in [6, 6.07) is 5.43. The van der Waals surface area contributed by atoms with Crippen molar-refractivity contribution in [3.05, 3.63) is 63.7 Å². The van der Waals surface area contributed by atoms with E-state index in [0.717, 1.165) is 29.6 Å². The van der Waals surface area contributed by atoms with E-state index in [1.165, 1.54) is 17.6 Å². The Labute approximate surface area is 162 Å². The molecule has 0 saturated carbocycles. The van der Waals surface area contributed by atoms with E-state index in [4.69, 9.17) is 16.3 Å². The van der Waals surface area contributed by atoms with Gasteiger partial charge in [-0.3, -0.25) is 0 Å². The van der Waals surface area contributed by atoms with Gasteiger partial charge in [0.2, 0.25) is 0 Å². The Morgan fingerprint density at radius 3 is 2.62 bits per heavy atom. The van der Waals surface area contributed by atoms with Crippen LogP contribution < -0.4 is 0 Å². The van der Waals surface area contributed by atoms with Crippen molar-refractivity contribution in [1.29, 1.82) is 0 Å². The average Bonchev–Trinajstić information content (AvgIpc) is 2.58. The third-order valence-corrected chi connectivity index (χ3v) is 5.47. The molecule has 26 heavy (non-hydrogen) atoms. The first-order chi connectivity index (χ1) is 12.2. The summed E-state index contributed by atoms with van der Waals surface area (Å²) < 4.78 is 5.08. The van der Waals surface area contributed by atoms with Crippen LogP contribution >= 0.6 is 11.6 Å². The van der Waals surface area contributed by atoms with Gasteiger partial charge in [0.25, 0.3) is 0 Å². The summed E-state index contributed by atoms with van der Waals surface area (Å²) in [5, 5.41) is 0.563. The van der Waals surface area contributed by atoms with Crippen LogP contribution in [0.15, 0.2) is 47.6 Å². The van der Waals surface area contributed by atoms with E-state index in [2.05, 4.69) is 34.3 Å². The Morgan fingerprint density at radius 2 is 2.08 bits per heavy atom. The molecule has 0 unspecified atom stereocenters. The molecule has 0 aromatic heterocycles. The zero-order valence-electron chi connectivity index (χ0n) is 16.5. The maximum absolute atomic E-state index is 12.0. The van der Waals surface area contributed by atoms with Crippen molar-refractivity contribution in [2.24, 2.45) is 5.41 Å². The molecule has 0 bridgehead atoms. The lowest BCUT2D eigenvalue weighted by molar-refractivity contribution is 0.0526. The summed E-state index contributed by atoms with van der Waals surface area (Å²) in [5.41, 5.74) is 6.49. The number of ether oxygens (including phenoxy) is 1. The Morgan fingerprint density at radius 1 is 1.38 bits per heavy atom. The number of hydrogen-bond acceptors (Lipinski definition) is 2. The lowest BCUT2D eigenvalue weighted by Gasteiger charge is -2.37. The maximum atomic E-state index is 12.0. The SMILES string of the molecule is C=CC(C)=C(C1=C(C)CCCC1(C)C)c1ccc(C(=O)OCC)cc1Cl. The van der Waals surface area contributed by atoms with Crippen LogP contribution in [-0.2, 0) is 4.74 Å². The minimum Gasteiger partial charge on any atom is -0.462 e. The van der Waals surface area contributed by atoms with Crippen molar-refractivity contribution in [2.75, 3.05) is 6.61 Å². The molecule has 0 spiro atoms. The Kier molecular flexibility index (Phi) is 6.52. The van der Waals surface area contributed by atoms with Gasteiger partial charge in [0.1, 0.15) is 0 Å². The molecular weight excluding hydrogens is 344 g/mol. The van der Waals surface area contributed by atoms with Crippen molar-refractivity contribution in [2.45, 2.75) is 53.9 Å². The van der Waals surface area contributed by atoms with Gasteiger partial charge in [-0.1, -0.05) is 49.7 Å². The van der Waals surface area contributed by atoms with Crippen molar-refractivity contribution >= 4 is 23.1 Å². The first kappa shape index (κ1) is 20.5. The zero-order chi connectivity index (χ0) is 19.5. The molecule has 1 aromatic carbocycles. The first-order valence-corrected chi connectivity index (χ1v) is 9.61. The molecule has 0 aliphatic heterocycles. The second-order valence-electron chi connectivity index (χ2n) is 7.57. The third kappa shape index (κ3) is 4.12. The number of carbonyl (C=O) groups excluding carboxylic acids is 1. The predicted octanol–water partition coefficient (Wildman–Crippen LogP) is 7.00. The highest BCUT2D eigenvalue weighted by Crippen LogP contribution is 2.49. The van der Waals surface area contributed by atoms with E-state index in [1.54, 1.807) is 19.1 Å². The van der Waals surface area contributed by atoms with E-state index < -0.39 is 0 Å². The highest BCUT2D eigenvalue weighted by atomic mass is 35.5. The van der Waals surface area contributed by atoms with E-state index in [0.29, 0.717) is 17.2 Å². The molecule has 2 nitrogen and oxygen atoms in total. The van der Waals surface area contributed by atoms with E-state index in [1.807, 2.05) is 12.1 Å². The minimum absolute atomic E-state index is 0.0745. The number of carbonyl (C=O) groups is 1. The molecule has 1 aromatic rings. The molecule has 140 valence electrons. The topological polar surface area (TPSA) is 26.3 Å². The van der Waals surface area contributed by atoms with Gasteiger partial charge < -0.3 is 4.74 Å². The molecule has 0 heterocycles. The van der Waals surface area contributed by atoms with Crippen LogP contribution in [-0.4, -0.2) is 12.6 Å². The molecule has 3 heteroatoms. The molecule has 0 atom stereocenters. The molecule has 0 N–H and O–H groups in total. The van der Waals surface area contributed by atoms with Gasteiger partial charge in [-0.15, -0.1) is 0 Å². The van der Waals surface area contributed by atoms with Crippen molar-refractivity contribution in [1.82, 2.24) is 0 Å². The fourth-order valence-corrected chi connectivity index (χ4v) is 4.16. The molecule has 1 aliphatic rings. The predicted molar refractivity (Wildman–Crippen MR) is 111 cm³/mol. The molecule has 0 amide bonds. The van der Waals surface area contributed by atoms with Gasteiger partial charge in [0, 0.05) is 10.6 Å². The fourth-order valence-electron chi connectivity index (χ4n) is 3.88. The Bertz CT molecular complexity index is 781. The van der Waals surface area contributed by atoms with Gasteiger partial charge in [0.05, 0.1) is 12.2 Å². The van der Waals surface area contributed by atoms with Gasteiger partial charge in [-0.05, 0) is 74.3 Å². The van der Waals surface area contributed by atoms with Crippen molar-refractivity contribution < 1.29 is 9.53 Å². The smallest absolute Gasteiger partial charge is 0.338 e. The number of hydrogen-bond donors (Lipinski definition) is 0. The van der Waals surface area contributed by atoms with Crippen LogP contribution in [0.5, 0.6) is 0 Å². The second kappa shape index (κ2) is 8.26. The normalized spacial score (nSPS) is 17.6. The monoisotopic (exact) mass is 372 g/mol. The first-order valence-electron chi connectivity index (χ1n) is 9.24. The van der Waals surface area contributed by atoms with E-state index in [9.17, 15) is 4.79 Å². The van der Waals surface area contributed by atoms with Gasteiger partial charge in [0.15, 0.2) is 0 Å². The number of rotatable bonds is 5. The maximum Gasteiger partial charge on any atom is 0.338 e. The zero-order valence-corrected chi connectivity index (χ0v) is 17.3. The van der Waals surface area contributed by atoms with Crippen LogP contribution in [0.2, 0.25) is 5.02 Å². The molecule has 0 radical (unpaired) electrons. The van der Waals surface area contributed by atoms with E-state index in [-0.39, 0.29) is 11.4 Å². The number of halogens is 1. The summed E-state index contributed by atoms with van der Waals surface area (Å²) in [5.74, 6) is -0.347. The molecule has 1 aliphatic carbocycles. The van der Waals surface area contributed by atoms with E-state index >= 15 is 0 Å². The summed E-state index contributed by atoms with van der Waals surface area (Å²) in [7, 11) is 0. The highest BCUT2D eigenvalue weighted by molar-refractivity contribution is 6.33. The van der Waals surface area contributed by atoms with Gasteiger partial charge in [-0.2, -0.15) is 0 Å². The standard InChI is InChI=1S/C23H29ClO2/c1-7-15(3)20(21-16(4)10-9-13-23(21,5)6)18-12-11-17(14-19(18)24)22(25)26-8-2/h7,11-12,14H,1,8-10,13H2,2-6H3. The lowest BCUT2D eigenvalue weighted by atomic mass is 9.68. The molecule has 2 rings (SSSR count). The van der Waals surface area contributed by atoms with Crippen LogP contribution in [0, 0.1) is 5.41 Å². The Hall–Kier alpha value is -1.80. The third-order valence-electron chi connectivity index (χ3n) is 5.16. The second-order valence-corrected chi connectivity index (χ2v) is 7.98. The number of esters is 1.